The summed E-state index contributed by atoms with van der Waals surface area (Å²) < 4.78 is 13.1. The molecule has 4 aromatic rings. The molecule has 46 heavy (non-hydrogen) atoms. The van der Waals surface area contributed by atoms with Crippen molar-refractivity contribution in [3.63, 3.8) is 0 Å². The van der Waals surface area contributed by atoms with E-state index in [1.807, 2.05) is 96.7 Å². The molecule has 0 aliphatic carbocycles. The quantitative estimate of drug-likeness (QED) is 0.118. The molecule has 4 aromatic carbocycles. The average molecular weight is 617 g/mol. The Hall–Kier alpha value is -4.68. The third-order valence-corrected chi connectivity index (χ3v) is 8.77. The maximum absolute atomic E-state index is 13.8. The van der Waals surface area contributed by atoms with Crippen LogP contribution in [0.2, 0.25) is 0 Å². The van der Waals surface area contributed by atoms with Crippen LogP contribution in [-0.2, 0) is 16.1 Å². The van der Waals surface area contributed by atoms with Gasteiger partial charge in [-0.25, -0.2) is 4.79 Å². The summed E-state index contributed by atoms with van der Waals surface area (Å²) in [6.07, 6.45) is 2.55. The molecule has 0 spiro atoms. The minimum atomic E-state index is -0.874. The number of rotatable bonds is 12. The summed E-state index contributed by atoms with van der Waals surface area (Å²) in [5.74, 6) is -0.441. The summed E-state index contributed by atoms with van der Waals surface area (Å²) in [6.45, 7) is 12.8. The first-order valence-electron chi connectivity index (χ1n) is 16.0. The van der Waals surface area contributed by atoms with Gasteiger partial charge < -0.3 is 19.3 Å². The van der Waals surface area contributed by atoms with Gasteiger partial charge in [-0.15, -0.1) is 0 Å². The van der Waals surface area contributed by atoms with Crippen molar-refractivity contribution in [2.75, 3.05) is 0 Å². The number of hydrogen-bond donors (Lipinski definition) is 0. The van der Waals surface area contributed by atoms with E-state index < -0.39 is 18.4 Å². The highest BCUT2D eigenvalue weighted by molar-refractivity contribution is 6.00. The van der Waals surface area contributed by atoms with Crippen molar-refractivity contribution >= 4 is 11.8 Å². The maximum Gasteiger partial charge on any atom is 0.341 e. The summed E-state index contributed by atoms with van der Waals surface area (Å²) in [7, 11) is 0. The molecular formula is C40H44N2O4. The Morgan fingerprint density at radius 3 is 1.98 bits per heavy atom. The molecule has 0 N–H and O–H groups in total. The molecule has 1 aliphatic rings. The number of nitrogens with zero attached hydrogens (tertiary/aromatic N) is 2. The number of carbonyl (C=O) groups is 2. The van der Waals surface area contributed by atoms with Crippen molar-refractivity contribution in [3.05, 3.63) is 154 Å². The van der Waals surface area contributed by atoms with E-state index in [9.17, 15) is 9.59 Å². The van der Waals surface area contributed by atoms with Crippen molar-refractivity contribution in [3.8, 4) is 0 Å². The van der Waals surface area contributed by atoms with Gasteiger partial charge in [-0.3, -0.25) is 4.79 Å². The van der Waals surface area contributed by atoms with E-state index in [0.29, 0.717) is 17.7 Å². The summed E-state index contributed by atoms with van der Waals surface area (Å²) in [4.78, 5) is 31.2. The normalized spacial score (nSPS) is 16.4. The first-order chi connectivity index (χ1) is 22.1. The van der Waals surface area contributed by atoms with E-state index in [2.05, 4.69) is 58.0 Å². The highest BCUT2D eigenvalue weighted by Gasteiger charge is 2.43. The summed E-state index contributed by atoms with van der Waals surface area (Å²) >= 11 is 0. The molecule has 0 aromatic heterocycles. The molecule has 0 radical (unpaired) electrons. The third-order valence-electron chi connectivity index (χ3n) is 8.77. The number of ketones is 1. The van der Waals surface area contributed by atoms with Crippen LogP contribution in [0.1, 0.15) is 75.4 Å². The van der Waals surface area contributed by atoms with Gasteiger partial charge in [0.2, 0.25) is 0 Å². The van der Waals surface area contributed by atoms with Crippen LogP contribution in [-0.4, -0.2) is 40.0 Å². The van der Waals surface area contributed by atoms with Crippen LogP contribution in [0.3, 0.4) is 0 Å². The number of Topliss-reactive ketones (excluding diaryl/α,β-unsaturated/α-hetero) is 1. The monoisotopic (exact) mass is 616 g/mol. The van der Waals surface area contributed by atoms with Crippen LogP contribution in [0.5, 0.6) is 0 Å². The molecular weight excluding hydrogens is 572 g/mol. The van der Waals surface area contributed by atoms with Crippen LogP contribution < -0.4 is 0 Å². The van der Waals surface area contributed by atoms with E-state index in [0.717, 1.165) is 16.7 Å². The molecule has 1 aliphatic heterocycles. The first kappa shape index (κ1) is 32.7. The molecule has 4 unspecified atom stereocenters. The van der Waals surface area contributed by atoms with Crippen molar-refractivity contribution in [2.45, 2.75) is 72.7 Å². The Morgan fingerprint density at radius 1 is 0.717 bits per heavy atom. The topological polar surface area (TPSA) is 59.1 Å². The Morgan fingerprint density at radius 2 is 1.35 bits per heavy atom. The number of esters is 1. The van der Waals surface area contributed by atoms with Gasteiger partial charge in [0.15, 0.2) is 5.78 Å². The smallest absolute Gasteiger partial charge is 0.341 e. The van der Waals surface area contributed by atoms with Gasteiger partial charge in [0.1, 0.15) is 6.10 Å². The average Bonchev–Trinajstić information content (AvgIpc) is 3.47. The van der Waals surface area contributed by atoms with Crippen LogP contribution in [0.15, 0.2) is 116 Å². The van der Waals surface area contributed by atoms with Gasteiger partial charge in [0.05, 0.1) is 24.3 Å². The Kier molecular flexibility index (Phi) is 10.4. The van der Waals surface area contributed by atoms with Gasteiger partial charge in [-0.2, -0.15) is 0 Å². The molecule has 0 saturated heterocycles. The van der Waals surface area contributed by atoms with E-state index >= 15 is 0 Å². The lowest BCUT2D eigenvalue weighted by Crippen LogP contribution is -2.53. The Balaban J connectivity index is 1.50. The summed E-state index contributed by atoms with van der Waals surface area (Å²) in [5, 5.41) is 0. The van der Waals surface area contributed by atoms with Crippen molar-refractivity contribution in [1.82, 2.24) is 9.80 Å². The van der Waals surface area contributed by atoms with Gasteiger partial charge in [0, 0.05) is 18.0 Å². The zero-order valence-electron chi connectivity index (χ0n) is 27.6. The predicted octanol–water partition coefficient (Wildman–Crippen LogP) is 8.40. The number of benzene rings is 4. The minimum Gasteiger partial charge on any atom is -0.419 e. The van der Waals surface area contributed by atoms with E-state index in [1.54, 1.807) is 12.1 Å². The molecule has 0 fully saturated rings. The van der Waals surface area contributed by atoms with Gasteiger partial charge in [-0.1, -0.05) is 110 Å². The number of aryl methyl sites for hydroxylation is 3. The lowest BCUT2D eigenvalue weighted by Gasteiger charge is -2.43. The van der Waals surface area contributed by atoms with Crippen molar-refractivity contribution < 1.29 is 19.1 Å². The van der Waals surface area contributed by atoms with Crippen molar-refractivity contribution in [1.29, 1.82) is 0 Å². The molecule has 0 bridgehead atoms. The van der Waals surface area contributed by atoms with E-state index in [-0.39, 0.29) is 23.8 Å². The van der Waals surface area contributed by atoms with E-state index in [4.69, 9.17) is 9.47 Å². The molecule has 6 heteroatoms. The fraction of sp³-hybridized carbons (Fsp3) is 0.300. The highest BCUT2D eigenvalue weighted by atomic mass is 16.6. The second-order valence-electron chi connectivity index (χ2n) is 12.5. The summed E-state index contributed by atoms with van der Waals surface area (Å²) in [6, 6.07) is 32.2. The van der Waals surface area contributed by atoms with Gasteiger partial charge in [0.25, 0.3) is 6.35 Å². The standard InChI is InChI=1S/C40H44N2O4/c1-27(2)36(38(34-13-9-7-10-14-34)45-26-32-20-19-29(4)30(5)25-32)42-24-23-41(31(6)37(43)33-21-17-28(3)18-22-33)40(42)46-39(44)35-15-11-8-12-16-35/h7-25,27,31,36,38,40H,26H2,1-6H3. The molecule has 5 rings (SSSR count). The van der Waals surface area contributed by atoms with Gasteiger partial charge in [-0.05, 0) is 68.0 Å². The van der Waals surface area contributed by atoms with Crippen LogP contribution in [0.4, 0.5) is 0 Å². The van der Waals surface area contributed by atoms with Crippen LogP contribution in [0, 0.1) is 26.7 Å². The fourth-order valence-corrected chi connectivity index (χ4v) is 5.94. The zero-order valence-corrected chi connectivity index (χ0v) is 27.6. The number of hydrogen-bond acceptors (Lipinski definition) is 6. The fourth-order valence-electron chi connectivity index (χ4n) is 5.94. The molecule has 6 nitrogen and oxygen atoms in total. The summed E-state index contributed by atoms with van der Waals surface area (Å²) in [5.41, 5.74) is 6.71. The minimum absolute atomic E-state index is 0.0565. The Bertz CT molecular complexity index is 1650. The zero-order chi connectivity index (χ0) is 32.8. The van der Waals surface area contributed by atoms with Crippen molar-refractivity contribution in [2.24, 2.45) is 5.92 Å². The van der Waals surface area contributed by atoms with Crippen LogP contribution >= 0.6 is 0 Å². The second-order valence-corrected chi connectivity index (χ2v) is 12.5. The number of carbonyl (C=O) groups excluding carboxylic acids is 2. The highest BCUT2D eigenvalue weighted by Crippen LogP contribution is 2.36. The lowest BCUT2D eigenvalue weighted by atomic mass is 9.92. The maximum atomic E-state index is 13.8. The number of ether oxygens (including phenoxy) is 2. The molecule has 0 saturated carbocycles. The molecule has 0 amide bonds. The molecule has 4 atom stereocenters. The first-order valence-corrected chi connectivity index (χ1v) is 16.0. The predicted molar refractivity (Wildman–Crippen MR) is 182 cm³/mol. The molecule has 238 valence electrons. The molecule has 1 heterocycles. The van der Waals surface area contributed by atoms with Crippen LogP contribution in [0.25, 0.3) is 0 Å². The van der Waals surface area contributed by atoms with E-state index in [1.165, 1.54) is 11.1 Å². The second kappa shape index (κ2) is 14.6. The lowest BCUT2D eigenvalue weighted by molar-refractivity contribution is -0.125. The Labute approximate surface area is 273 Å². The SMILES string of the molecule is Cc1ccc(C(=O)C(C)N2C=CN(C(C(C)C)C(OCc3ccc(C)c(C)c3)c3ccccc3)C2OC(=O)c2ccccc2)cc1. The third kappa shape index (κ3) is 7.40. The van der Waals surface area contributed by atoms with Gasteiger partial charge >= 0.3 is 5.97 Å². The largest absolute Gasteiger partial charge is 0.419 e.